The Morgan fingerprint density at radius 3 is 2.95 bits per heavy atom. The number of carbonyl (C=O) groups is 1. The second-order valence-corrected chi connectivity index (χ2v) is 5.10. The maximum atomic E-state index is 11.8. The van der Waals surface area contributed by atoms with E-state index in [0.717, 1.165) is 16.3 Å². The summed E-state index contributed by atoms with van der Waals surface area (Å²) in [5.74, 6) is 0.555. The fourth-order valence-corrected chi connectivity index (χ4v) is 2.25. The third-order valence-electron chi connectivity index (χ3n) is 3.01. The van der Waals surface area contributed by atoms with Gasteiger partial charge in [0.15, 0.2) is 0 Å². The van der Waals surface area contributed by atoms with Gasteiger partial charge in [-0.15, -0.1) is 9.24 Å². The number of pyridine rings is 1. The summed E-state index contributed by atoms with van der Waals surface area (Å²) in [5.41, 5.74) is 1.16. The maximum absolute atomic E-state index is 11.8. The number of rotatable bonds is 3. The summed E-state index contributed by atoms with van der Waals surface area (Å²) < 4.78 is 10.6. The highest BCUT2D eigenvalue weighted by Gasteiger charge is 2.14. The second-order valence-electron chi connectivity index (χ2n) is 4.44. The van der Waals surface area contributed by atoms with Gasteiger partial charge in [0.1, 0.15) is 22.7 Å². The lowest BCUT2D eigenvalue weighted by Gasteiger charge is -2.10. The van der Waals surface area contributed by atoms with E-state index in [1.165, 1.54) is 7.11 Å². The predicted molar refractivity (Wildman–Crippen MR) is 83.3 cm³/mol. The van der Waals surface area contributed by atoms with Gasteiger partial charge in [-0.2, -0.15) is 0 Å². The standard InChI is InChI=1S/C15H13N2O3P/c1-19-15(18)12-3-2-11(21)7-13(12)20-10-6-9-4-5-16-14(9)17-8-10/h2-8H,21H2,1H3,(H,16,17). The second kappa shape index (κ2) is 5.54. The van der Waals surface area contributed by atoms with Gasteiger partial charge in [-0.05, 0) is 29.6 Å². The zero-order valence-corrected chi connectivity index (χ0v) is 12.4. The average Bonchev–Trinajstić information content (AvgIpc) is 2.94. The summed E-state index contributed by atoms with van der Waals surface area (Å²) in [6.45, 7) is 0. The summed E-state index contributed by atoms with van der Waals surface area (Å²) >= 11 is 0. The lowest BCUT2D eigenvalue weighted by Crippen LogP contribution is -2.06. The molecule has 0 spiro atoms. The van der Waals surface area contributed by atoms with Crippen LogP contribution in [0.2, 0.25) is 0 Å². The average molecular weight is 300 g/mol. The van der Waals surface area contributed by atoms with Gasteiger partial charge in [-0.1, -0.05) is 6.07 Å². The minimum Gasteiger partial charge on any atom is -0.465 e. The molecule has 0 aliphatic rings. The molecule has 0 fully saturated rings. The fraction of sp³-hybridized carbons (Fsp3) is 0.0667. The number of hydrogen-bond donors (Lipinski definition) is 1. The van der Waals surface area contributed by atoms with Gasteiger partial charge in [-0.25, -0.2) is 9.78 Å². The SMILES string of the molecule is COC(=O)c1ccc(P)cc1Oc1cnc2[nH]ccc2c1. The molecule has 21 heavy (non-hydrogen) atoms. The highest BCUT2D eigenvalue weighted by atomic mass is 31.0. The van der Waals surface area contributed by atoms with E-state index in [9.17, 15) is 4.79 Å². The number of aromatic amines is 1. The molecular formula is C15H13N2O3P. The molecule has 0 saturated heterocycles. The molecule has 1 N–H and O–H groups in total. The number of carbonyl (C=O) groups excluding carboxylic acids is 1. The lowest BCUT2D eigenvalue weighted by molar-refractivity contribution is 0.0598. The van der Waals surface area contributed by atoms with Gasteiger partial charge in [0, 0.05) is 11.6 Å². The number of nitrogens with zero attached hydrogens (tertiary/aromatic N) is 1. The van der Waals surface area contributed by atoms with Crippen LogP contribution in [0.5, 0.6) is 11.5 Å². The molecule has 2 heterocycles. The van der Waals surface area contributed by atoms with E-state index in [0.29, 0.717) is 17.1 Å². The first-order valence-corrected chi connectivity index (χ1v) is 6.84. The zero-order chi connectivity index (χ0) is 14.8. The molecule has 0 aliphatic heterocycles. The molecule has 0 bridgehead atoms. The number of hydrogen-bond acceptors (Lipinski definition) is 4. The van der Waals surface area contributed by atoms with Crippen LogP contribution in [0.25, 0.3) is 11.0 Å². The van der Waals surface area contributed by atoms with Crippen molar-refractivity contribution in [2.24, 2.45) is 0 Å². The van der Waals surface area contributed by atoms with Crippen molar-refractivity contribution in [3.05, 3.63) is 48.3 Å². The van der Waals surface area contributed by atoms with E-state index in [-0.39, 0.29) is 0 Å². The normalized spacial score (nSPS) is 10.6. The first-order chi connectivity index (χ1) is 10.2. The van der Waals surface area contributed by atoms with Gasteiger partial charge in [0.05, 0.1) is 13.3 Å². The summed E-state index contributed by atoms with van der Waals surface area (Å²) in [4.78, 5) is 19.0. The minimum atomic E-state index is -0.439. The van der Waals surface area contributed by atoms with Gasteiger partial charge >= 0.3 is 5.97 Å². The van der Waals surface area contributed by atoms with Crippen LogP contribution in [-0.2, 0) is 4.74 Å². The Labute approximate surface area is 123 Å². The summed E-state index contributed by atoms with van der Waals surface area (Å²) in [5, 5.41) is 1.85. The van der Waals surface area contributed by atoms with Crippen molar-refractivity contribution < 1.29 is 14.3 Å². The molecule has 1 aromatic carbocycles. The summed E-state index contributed by atoms with van der Waals surface area (Å²) in [7, 11) is 3.91. The van der Waals surface area contributed by atoms with Crippen LogP contribution in [0.15, 0.2) is 42.7 Å². The summed E-state index contributed by atoms with van der Waals surface area (Å²) in [6, 6.07) is 9.00. The lowest BCUT2D eigenvalue weighted by atomic mass is 10.2. The van der Waals surface area contributed by atoms with Crippen molar-refractivity contribution in [1.29, 1.82) is 0 Å². The van der Waals surface area contributed by atoms with Crippen molar-refractivity contribution >= 4 is 31.5 Å². The number of methoxy groups -OCH3 is 1. The highest BCUT2D eigenvalue weighted by molar-refractivity contribution is 7.27. The number of ether oxygens (including phenoxy) is 2. The number of nitrogens with one attached hydrogen (secondary N) is 1. The predicted octanol–water partition coefficient (Wildman–Crippen LogP) is 2.64. The smallest absolute Gasteiger partial charge is 0.341 e. The minimum absolute atomic E-state index is 0.373. The monoisotopic (exact) mass is 300 g/mol. The van der Waals surface area contributed by atoms with Crippen molar-refractivity contribution in [2.75, 3.05) is 7.11 Å². The summed E-state index contributed by atoms with van der Waals surface area (Å²) in [6.07, 6.45) is 3.42. The van der Waals surface area contributed by atoms with Gasteiger partial charge in [0.25, 0.3) is 0 Å². The quantitative estimate of drug-likeness (QED) is 0.596. The molecule has 0 aliphatic carbocycles. The molecule has 106 valence electrons. The van der Waals surface area contributed by atoms with Crippen LogP contribution in [0, 0.1) is 0 Å². The zero-order valence-electron chi connectivity index (χ0n) is 11.3. The van der Waals surface area contributed by atoms with E-state index in [1.54, 1.807) is 24.4 Å². The van der Waals surface area contributed by atoms with Crippen LogP contribution < -0.4 is 10.0 Å². The Hall–Kier alpha value is -2.39. The van der Waals surface area contributed by atoms with Crippen LogP contribution >= 0.6 is 9.24 Å². The molecular weight excluding hydrogens is 287 g/mol. The Balaban J connectivity index is 1.99. The Kier molecular flexibility index (Phi) is 3.59. The molecule has 1 atom stereocenters. The molecule has 3 aromatic rings. The maximum Gasteiger partial charge on any atom is 0.341 e. The fourth-order valence-electron chi connectivity index (χ4n) is 2.00. The first-order valence-electron chi connectivity index (χ1n) is 6.26. The van der Waals surface area contributed by atoms with Gasteiger partial charge in [0.2, 0.25) is 0 Å². The van der Waals surface area contributed by atoms with E-state index in [2.05, 4.69) is 19.2 Å². The highest BCUT2D eigenvalue weighted by Crippen LogP contribution is 2.27. The molecule has 1 unspecified atom stereocenters. The van der Waals surface area contributed by atoms with Crippen LogP contribution in [-0.4, -0.2) is 23.0 Å². The Bertz CT molecular complexity index is 814. The number of aromatic nitrogens is 2. The molecule has 6 heteroatoms. The molecule has 0 radical (unpaired) electrons. The largest absolute Gasteiger partial charge is 0.465 e. The molecule has 5 nitrogen and oxygen atoms in total. The van der Waals surface area contributed by atoms with Crippen molar-refractivity contribution in [2.45, 2.75) is 0 Å². The van der Waals surface area contributed by atoms with E-state index < -0.39 is 5.97 Å². The van der Waals surface area contributed by atoms with Crippen LogP contribution in [0.4, 0.5) is 0 Å². The molecule has 0 saturated carbocycles. The Morgan fingerprint density at radius 1 is 1.29 bits per heavy atom. The van der Waals surface area contributed by atoms with Crippen molar-refractivity contribution in [3.63, 3.8) is 0 Å². The Morgan fingerprint density at radius 2 is 2.14 bits per heavy atom. The number of H-pyrrole nitrogens is 1. The van der Waals surface area contributed by atoms with Gasteiger partial charge < -0.3 is 14.5 Å². The molecule has 0 amide bonds. The first kappa shape index (κ1) is 13.6. The van der Waals surface area contributed by atoms with Crippen molar-refractivity contribution in [3.8, 4) is 11.5 Å². The third-order valence-corrected chi connectivity index (χ3v) is 3.37. The number of esters is 1. The third kappa shape index (κ3) is 2.73. The molecule has 2 aromatic heterocycles. The van der Waals surface area contributed by atoms with E-state index >= 15 is 0 Å². The van der Waals surface area contributed by atoms with Crippen LogP contribution in [0.3, 0.4) is 0 Å². The topological polar surface area (TPSA) is 64.2 Å². The number of benzene rings is 1. The molecule has 3 rings (SSSR count). The van der Waals surface area contributed by atoms with E-state index in [1.807, 2.05) is 18.3 Å². The number of fused-ring (bicyclic) bond motifs is 1. The van der Waals surface area contributed by atoms with Gasteiger partial charge in [-0.3, -0.25) is 0 Å². The van der Waals surface area contributed by atoms with E-state index in [4.69, 9.17) is 9.47 Å². The van der Waals surface area contributed by atoms with Crippen LogP contribution in [0.1, 0.15) is 10.4 Å². The van der Waals surface area contributed by atoms with Crippen molar-refractivity contribution in [1.82, 2.24) is 9.97 Å².